The monoisotopic (exact) mass is 470 g/mol. The Bertz CT molecular complexity index is 1070. The lowest BCUT2D eigenvalue weighted by Crippen LogP contribution is -2.10. The summed E-state index contributed by atoms with van der Waals surface area (Å²) in [6.07, 6.45) is 6.31. The van der Waals surface area contributed by atoms with E-state index in [1.165, 1.54) is 45.6 Å². The highest BCUT2D eigenvalue weighted by Gasteiger charge is 2.14. The highest BCUT2D eigenvalue weighted by Crippen LogP contribution is 2.28. The van der Waals surface area contributed by atoms with Crippen molar-refractivity contribution in [1.82, 2.24) is 0 Å². The first-order chi connectivity index (χ1) is 16.3. The van der Waals surface area contributed by atoms with Gasteiger partial charge in [-0.2, -0.15) is 0 Å². The fourth-order valence-electron chi connectivity index (χ4n) is 3.08. The minimum atomic E-state index is -0.387. The predicted molar refractivity (Wildman–Crippen MR) is 129 cm³/mol. The summed E-state index contributed by atoms with van der Waals surface area (Å²) in [4.78, 5) is 22.7. The van der Waals surface area contributed by atoms with Crippen LogP contribution in [-0.4, -0.2) is 48.5 Å². The van der Waals surface area contributed by atoms with Gasteiger partial charge in [0.15, 0.2) is 28.8 Å². The zero-order valence-corrected chi connectivity index (χ0v) is 19.6. The topological polar surface area (TPSA) is 115 Å². The molecule has 0 aromatic heterocycles. The van der Waals surface area contributed by atoms with Crippen molar-refractivity contribution in [1.29, 1.82) is 0 Å². The standard InChI is InChI=1S/C26H30O8/c1-17(34-33-4)5-10-20(21(27)11-6-18-8-13-23(29)25(15-18)31-2)22(28)12-7-19-9-14-24(30)26(16-19)32-3/h6-9,11-17,27,29-30H,5,10H2,1-4H3/b11-6+,12-7+,21-20-. The van der Waals surface area contributed by atoms with E-state index in [1.54, 1.807) is 43.3 Å². The van der Waals surface area contributed by atoms with Crippen LogP contribution in [0.1, 0.15) is 30.9 Å². The molecule has 34 heavy (non-hydrogen) atoms. The van der Waals surface area contributed by atoms with Crippen LogP contribution in [0.3, 0.4) is 0 Å². The number of carbonyl (C=O) groups is 1. The van der Waals surface area contributed by atoms with E-state index in [4.69, 9.17) is 14.4 Å². The number of methoxy groups -OCH3 is 2. The van der Waals surface area contributed by atoms with E-state index in [9.17, 15) is 20.1 Å². The maximum Gasteiger partial charge on any atom is 0.185 e. The number of benzene rings is 2. The number of aliphatic hydroxyl groups is 1. The number of phenols is 2. The molecule has 0 heterocycles. The third-order valence-corrected chi connectivity index (χ3v) is 4.94. The van der Waals surface area contributed by atoms with Crippen LogP contribution >= 0.6 is 0 Å². The number of aliphatic hydroxyl groups excluding tert-OH is 1. The fraction of sp³-hybridized carbons (Fsp3) is 0.269. The third kappa shape index (κ3) is 7.68. The molecule has 0 fully saturated rings. The molecule has 0 amide bonds. The molecule has 0 aliphatic rings. The van der Waals surface area contributed by atoms with E-state index in [0.29, 0.717) is 23.3 Å². The van der Waals surface area contributed by atoms with Crippen molar-refractivity contribution >= 4 is 17.9 Å². The van der Waals surface area contributed by atoms with Gasteiger partial charge in [-0.15, -0.1) is 0 Å². The predicted octanol–water partition coefficient (Wildman–Crippen LogP) is 4.97. The molecule has 0 saturated heterocycles. The summed E-state index contributed by atoms with van der Waals surface area (Å²) in [6, 6.07) is 9.43. The van der Waals surface area contributed by atoms with E-state index in [-0.39, 0.29) is 46.9 Å². The van der Waals surface area contributed by atoms with Crippen LogP contribution in [0.4, 0.5) is 0 Å². The smallest absolute Gasteiger partial charge is 0.185 e. The van der Waals surface area contributed by atoms with Gasteiger partial charge in [0.25, 0.3) is 0 Å². The minimum absolute atomic E-state index is 0.00147. The molecule has 1 atom stereocenters. The number of allylic oxidation sites excluding steroid dienone is 3. The molecule has 3 N–H and O–H groups in total. The van der Waals surface area contributed by atoms with Gasteiger partial charge in [-0.25, -0.2) is 9.78 Å². The van der Waals surface area contributed by atoms with Crippen LogP contribution in [0.2, 0.25) is 0 Å². The molecule has 2 aromatic carbocycles. The molecule has 8 nitrogen and oxygen atoms in total. The molecule has 182 valence electrons. The maximum atomic E-state index is 13.0. The van der Waals surface area contributed by atoms with Crippen molar-refractivity contribution in [2.75, 3.05) is 21.3 Å². The Morgan fingerprint density at radius 3 is 1.94 bits per heavy atom. The number of phenolic OH excluding ortho intramolecular Hbond substituents is 2. The van der Waals surface area contributed by atoms with Gasteiger partial charge in [0.05, 0.1) is 27.4 Å². The van der Waals surface area contributed by atoms with Gasteiger partial charge in [0, 0.05) is 5.57 Å². The molecule has 0 radical (unpaired) electrons. The average Bonchev–Trinajstić information content (AvgIpc) is 2.83. The molecule has 0 aliphatic heterocycles. The summed E-state index contributed by atoms with van der Waals surface area (Å²) in [5.74, 6) is -0.0202. The second-order valence-electron chi connectivity index (χ2n) is 7.37. The van der Waals surface area contributed by atoms with Gasteiger partial charge >= 0.3 is 0 Å². The minimum Gasteiger partial charge on any atom is -0.508 e. The molecule has 8 heteroatoms. The highest BCUT2D eigenvalue weighted by atomic mass is 17.2. The number of aromatic hydroxyl groups is 2. The molecular formula is C26H30O8. The average molecular weight is 471 g/mol. The molecule has 0 bridgehead atoms. The van der Waals surface area contributed by atoms with Crippen molar-refractivity contribution in [2.24, 2.45) is 0 Å². The highest BCUT2D eigenvalue weighted by molar-refractivity contribution is 6.07. The van der Waals surface area contributed by atoms with Gasteiger partial charge in [0.2, 0.25) is 0 Å². The molecule has 2 rings (SSSR count). The fourth-order valence-corrected chi connectivity index (χ4v) is 3.08. The third-order valence-electron chi connectivity index (χ3n) is 4.94. The van der Waals surface area contributed by atoms with E-state index < -0.39 is 0 Å². The summed E-state index contributed by atoms with van der Waals surface area (Å²) in [6.45, 7) is 1.79. The van der Waals surface area contributed by atoms with Crippen molar-refractivity contribution in [3.63, 3.8) is 0 Å². The lowest BCUT2D eigenvalue weighted by Gasteiger charge is -2.11. The van der Waals surface area contributed by atoms with Gasteiger partial charge in [0.1, 0.15) is 5.76 Å². The zero-order valence-electron chi connectivity index (χ0n) is 19.6. The Kier molecular flexibility index (Phi) is 10.2. The molecule has 1 unspecified atom stereocenters. The quantitative estimate of drug-likeness (QED) is 0.131. The first-order valence-electron chi connectivity index (χ1n) is 10.5. The van der Waals surface area contributed by atoms with E-state index >= 15 is 0 Å². The summed E-state index contributed by atoms with van der Waals surface area (Å²) in [7, 11) is 4.28. The molecule has 0 saturated carbocycles. The summed E-state index contributed by atoms with van der Waals surface area (Å²) in [5, 5.41) is 30.2. The second-order valence-corrected chi connectivity index (χ2v) is 7.37. The summed E-state index contributed by atoms with van der Waals surface area (Å²) < 4.78 is 10.2. The van der Waals surface area contributed by atoms with Crippen LogP contribution in [0.15, 0.2) is 59.9 Å². The number of ether oxygens (including phenoxy) is 2. The van der Waals surface area contributed by atoms with Gasteiger partial charge < -0.3 is 24.8 Å². The molecule has 0 spiro atoms. The zero-order chi connectivity index (χ0) is 25.1. The summed E-state index contributed by atoms with van der Waals surface area (Å²) >= 11 is 0. The van der Waals surface area contributed by atoms with Gasteiger partial charge in [-0.1, -0.05) is 24.3 Å². The Morgan fingerprint density at radius 2 is 1.44 bits per heavy atom. The van der Waals surface area contributed by atoms with Crippen LogP contribution in [0, 0.1) is 0 Å². The molecule has 2 aromatic rings. The van der Waals surface area contributed by atoms with Crippen LogP contribution < -0.4 is 9.47 Å². The maximum absolute atomic E-state index is 13.0. The first kappa shape index (κ1) is 26.5. The van der Waals surface area contributed by atoms with Crippen LogP contribution in [0.25, 0.3) is 12.2 Å². The second kappa shape index (κ2) is 13.1. The van der Waals surface area contributed by atoms with Crippen molar-refractivity contribution in [2.45, 2.75) is 25.9 Å². The van der Waals surface area contributed by atoms with E-state index in [2.05, 4.69) is 4.89 Å². The Balaban J connectivity index is 2.31. The normalized spacial score (nSPS) is 13.2. The van der Waals surface area contributed by atoms with E-state index in [1.807, 2.05) is 0 Å². The first-order valence-corrected chi connectivity index (χ1v) is 10.5. The van der Waals surface area contributed by atoms with Crippen molar-refractivity contribution in [3.05, 3.63) is 71.0 Å². The Morgan fingerprint density at radius 1 is 0.912 bits per heavy atom. The summed E-state index contributed by atoms with van der Waals surface area (Å²) in [5.41, 5.74) is 1.50. The molecular weight excluding hydrogens is 440 g/mol. The van der Waals surface area contributed by atoms with Gasteiger partial charge in [-0.05, 0) is 67.3 Å². The van der Waals surface area contributed by atoms with Crippen LogP contribution in [-0.2, 0) is 14.6 Å². The van der Waals surface area contributed by atoms with Gasteiger partial charge in [-0.3, -0.25) is 4.79 Å². The number of hydrogen-bond acceptors (Lipinski definition) is 8. The Hall–Kier alpha value is -3.75. The van der Waals surface area contributed by atoms with Crippen LogP contribution in [0.5, 0.6) is 23.0 Å². The number of carbonyl (C=O) groups excluding carboxylic acids is 1. The van der Waals surface area contributed by atoms with E-state index in [0.717, 1.165) is 0 Å². The number of hydrogen-bond donors (Lipinski definition) is 3. The van der Waals surface area contributed by atoms with Crippen molar-refractivity contribution in [3.8, 4) is 23.0 Å². The molecule has 0 aliphatic carbocycles. The number of ketones is 1. The lowest BCUT2D eigenvalue weighted by atomic mass is 10.0. The SMILES string of the molecule is COOC(C)CC/C(C(=O)/C=C/c1ccc(O)c(OC)c1)=C(O)\C=C\c1ccc(O)c(OC)c1. The Labute approximate surface area is 198 Å². The number of rotatable bonds is 12. The van der Waals surface area contributed by atoms with Crippen molar-refractivity contribution < 1.29 is 39.4 Å². The lowest BCUT2D eigenvalue weighted by molar-refractivity contribution is -0.301. The largest absolute Gasteiger partial charge is 0.508 e.